The van der Waals surface area contributed by atoms with Crippen molar-refractivity contribution in [2.75, 3.05) is 18.5 Å². The summed E-state index contributed by atoms with van der Waals surface area (Å²) in [6.07, 6.45) is -3.13. The van der Waals surface area contributed by atoms with Crippen LogP contribution in [-0.4, -0.2) is 41.7 Å². The first-order valence-electron chi connectivity index (χ1n) is 10.0. The lowest BCUT2D eigenvalue weighted by atomic mass is 9.82. The van der Waals surface area contributed by atoms with Crippen molar-refractivity contribution >= 4 is 17.4 Å². The van der Waals surface area contributed by atoms with Crippen molar-refractivity contribution in [2.45, 2.75) is 44.5 Å². The number of hydrogen-bond acceptors (Lipinski definition) is 6. The molecule has 7 nitrogen and oxygen atoms in total. The summed E-state index contributed by atoms with van der Waals surface area (Å²) >= 11 is 0. The predicted octanol–water partition coefficient (Wildman–Crippen LogP) is 4.19. The number of alkyl halides is 3. The summed E-state index contributed by atoms with van der Waals surface area (Å²) in [6.45, 7) is 4.11. The Labute approximate surface area is 188 Å². The molecular weight excluding hydrogens is 444 g/mol. The van der Waals surface area contributed by atoms with Gasteiger partial charge in [0.05, 0.1) is 17.3 Å². The molecule has 33 heavy (non-hydrogen) atoms. The zero-order valence-corrected chi connectivity index (χ0v) is 18.3. The highest BCUT2D eigenvalue weighted by Gasteiger charge is 2.39. The number of rotatable bonds is 5. The molecule has 0 saturated heterocycles. The summed E-state index contributed by atoms with van der Waals surface area (Å²) in [5.74, 6) is -1.05. The molecule has 178 valence electrons. The summed E-state index contributed by atoms with van der Waals surface area (Å²) in [5.41, 5.74) is 4.72. The Balaban J connectivity index is 1.79. The maximum Gasteiger partial charge on any atom is 0.422 e. The molecule has 0 saturated carbocycles. The number of hydrogen-bond donors (Lipinski definition) is 2. The minimum absolute atomic E-state index is 0.0577. The van der Waals surface area contributed by atoms with Gasteiger partial charge in [-0.15, -0.1) is 0 Å². The number of carbonyl (C=O) groups excluding carboxylic acids is 1. The van der Waals surface area contributed by atoms with E-state index in [2.05, 4.69) is 20.0 Å². The molecule has 2 aromatic rings. The van der Waals surface area contributed by atoms with Gasteiger partial charge >= 0.3 is 6.18 Å². The molecule has 1 aromatic heterocycles. The normalized spacial score (nSPS) is 20.5. The highest BCUT2D eigenvalue weighted by molar-refractivity contribution is 6.02. The molecule has 1 amide bonds. The monoisotopic (exact) mass is 468 g/mol. The lowest BCUT2D eigenvalue weighted by molar-refractivity contribution is -0.153. The van der Waals surface area contributed by atoms with Crippen LogP contribution in [0.5, 0.6) is 5.75 Å². The fourth-order valence-corrected chi connectivity index (χ4v) is 3.67. The van der Waals surface area contributed by atoms with E-state index in [1.807, 2.05) is 13.8 Å². The maximum absolute atomic E-state index is 14.8. The average molecular weight is 468 g/mol. The van der Waals surface area contributed by atoms with E-state index in [1.54, 1.807) is 6.92 Å². The first-order valence-corrected chi connectivity index (χ1v) is 10.0. The van der Waals surface area contributed by atoms with Crippen molar-refractivity contribution in [1.29, 1.82) is 0 Å². The Hall–Kier alpha value is -3.21. The zero-order chi connectivity index (χ0) is 24.4. The topological polar surface area (TPSA) is 98.8 Å². The second-order valence-corrected chi connectivity index (χ2v) is 8.53. The number of halogens is 4. The van der Waals surface area contributed by atoms with Gasteiger partial charge in [0.2, 0.25) is 0 Å². The van der Waals surface area contributed by atoms with Gasteiger partial charge in [-0.3, -0.25) is 9.79 Å². The molecule has 3 rings (SSSR count). The van der Waals surface area contributed by atoms with Gasteiger partial charge in [-0.05, 0) is 51.1 Å². The molecule has 3 N–H and O–H groups in total. The van der Waals surface area contributed by atoms with Gasteiger partial charge in [0, 0.05) is 17.7 Å². The molecule has 1 aliphatic rings. The zero-order valence-electron chi connectivity index (χ0n) is 18.3. The number of pyridine rings is 1. The van der Waals surface area contributed by atoms with Crippen molar-refractivity contribution in [2.24, 2.45) is 10.7 Å². The summed E-state index contributed by atoms with van der Waals surface area (Å²) < 4.78 is 61.8. The minimum atomic E-state index is -4.49. The lowest BCUT2D eigenvalue weighted by Crippen LogP contribution is -2.33. The number of aliphatic imine (C=N–C) groups is 1. The van der Waals surface area contributed by atoms with Gasteiger partial charge in [-0.1, -0.05) is 0 Å². The molecule has 2 heterocycles. The number of nitrogens with two attached hydrogens (primary N) is 1. The molecule has 0 spiro atoms. The van der Waals surface area contributed by atoms with Gasteiger partial charge in [0.1, 0.15) is 29.7 Å². The van der Waals surface area contributed by atoms with Crippen LogP contribution in [0.4, 0.5) is 23.2 Å². The molecule has 1 aliphatic heterocycles. The van der Waals surface area contributed by atoms with Crippen molar-refractivity contribution < 1.29 is 31.8 Å². The SMILES string of the molecule is CC1(C)CC(C)(c2cc(NC(=O)c3ccc(OCC(F)(F)F)cn3)ccc2F)N=C(N)CO1. The minimum Gasteiger partial charge on any atom is -0.483 e. The van der Waals surface area contributed by atoms with Crippen LogP contribution in [-0.2, 0) is 10.3 Å². The van der Waals surface area contributed by atoms with E-state index in [4.69, 9.17) is 10.5 Å². The second-order valence-electron chi connectivity index (χ2n) is 8.53. The number of amidine groups is 1. The van der Waals surface area contributed by atoms with E-state index in [0.717, 1.165) is 6.20 Å². The Morgan fingerprint density at radius 1 is 1.24 bits per heavy atom. The van der Waals surface area contributed by atoms with Crippen LogP contribution in [0, 0.1) is 5.82 Å². The third-order valence-electron chi connectivity index (χ3n) is 4.95. The number of amides is 1. The van der Waals surface area contributed by atoms with E-state index in [1.165, 1.54) is 30.3 Å². The van der Waals surface area contributed by atoms with Crippen LogP contribution >= 0.6 is 0 Å². The van der Waals surface area contributed by atoms with Crippen molar-refractivity contribution in [3.63, 3.8) is 0 Å². The van der Waals surface area contributed by atoms with E-state index in [9.17, 15) is 22.4 Å². The molecule has 0 fully saturated rings. The molecule has 11 heteroatoms. The van der Waals surface area contributed by atoms with Crippen molar-refractivity contribution in [3.8, 4) is 5.75 Å². The van der Waals surface area contributed by atoms with E-state index in [0.29, 0.717) is 6.42 Å². The van der Waals surface area contributed by atoms with Crippen LogP contribution in [0.15, 0.2) is 41.5 Å². The number of nitrogens with zero attached hydrogens (tertiary/aromatic N) is 2. The Bertz CT molecular complexity index is 1050. The second kappa shape index (κ2) is 8.97. The number of anilines is 1. The molecule has 1 aromatic carbocycles. The van der Waals surface area contributed by atoms with Crippen LogP contribution in [0.2, 0.25) is 0 Å². The Morgan fingerprint density at radius 3 is 2.61 bits per heavy atom. The molecule has 0 radical (unpaired) electrons. The van der Waals surface area contributed by atoms with Crippen LogP contribution < -0.4 is 15.8 Å². The third-order valence-corrected chi connectivity index (χ3v) is 4.95. The van der Waals surface area contributed by atoms with Gasteiger partial charge in [-0.25, -0.2) is 9.37 Å². The molecule has 1 unspecified atom stereocenters. The van der Waals surface area contributed by atoms with Crippen LogP contribution in [0.1, 0.15) is 43.2 Å². The number of ether oxygens (including phenoxy) is 2. The maximum atomic E-state index is 14.8. The van der Waals surface area contributed by atoms with E-state index >= 15 is 0 Å². The van der Waals surface area contributed by atoms with Gasteiger partial charge in [0.25, 0.3) is 5.91 Å². The summed E-state index contributed by atoms with van der Waals surface area (Å²) in [6, 6.07) is 6.49. The Morgan fingerprint density at radius 2 is 1.97 bits per heavy atom. The number of nitrogens with one attached hydrogen (secondary N) is 1. The van der Waals surface area contributed by atoms with E-state index < -0.39 is 35.6 Å². The van der Waals surface area contributed by atoms with Gasteiger partial charge in [0.15, 0.2) is 6.61 Å². The highest BCUT2D eigenvalue weighted by atomic mass is 19.4. The molecule has 0 bridgehead atoms. The lowest BCUT2D eigenvalue weighted by Gasteiger charge is -2.33. The van der Waals surface area contributed by atoms with E-state index in [-0.39, 0.29) is 35.1 Å². The van der Waals surface area contributed by atoms with Crippen molar-refractivity contribution in [1.82, 2.24) is 4.98 Å². The quantitative estimate of drug-likeness (QED) is 0.642. The van der Waals surface area contributed by atoms with Crippen molar-refractivity contribution in [3.05, 3.63) is 53.6 Å². The first kappa shape index (κ1) is 24.4. The van der Waals surface area contributed by atoms with Gasteiger partial charge < -0.3 is 20.5 Å². The highest BCUT2D eigenvalue weighted by Crippen LogP contribution is 2.39. The van der Waals surface area contributed by atoms with Gasteiger partial charge in [-0.2, -0.15) is 13.2 Å². The predicted molar refractivity (Wildman–Crippen MR) is 114 cm³/mol. The third kappa shape index (κ3) is 6.41. The Kier molecular flexibility index (Phi) is 6.64. The summed E-state index contributed by atoms with van der Waals surface area (Å²) in [7, 11) is 0. The first-order chi connectivity index (χ1) is 15.3. The molecule has 0 aliphatic carbocycles. The molecule has 1 atom stereocenters. The standard InChI is InChI=1S/C22H24F4N4O3/c1-20(2)11-21(3,30-18(27)10-33-20)15-8-13(4-6-16(15)23)29-19(31)17-7-5-14(9-28-17)32-12-22(24,25)26/h4-9H,10-12H2,1-3H3,(H2,27,30)(H,29,31). The van der Waals surface area contributed by atoms with Crippen LogP contribution in [0.3, 0.4) is 0 Å². The van der Waals surface area contributed by atoms with Crippen LogP contribution in [0.25, 0.3) is 0 Å². The smallest absolute Gasteiger partial charge is 0.422 e. The number of carbonyl (C=O) groups is 1. The fourth-order valence-electron chi connectivity index (χ4n) is 3.67. The summed E-state index contributed by atoms with van der Waals surface area (Å²) in [5, 5.41) is 2.61. The fraction of sp³-hybridized carbons (Fsp3) is 0.409. The summed E-state index contributed by atoms with van der Waals surface area (Å²) in [4.78, 5) is 20.8. The number of benzene rings is 1. The average Bonchev–Trinajstić information content (AvgIpc) is 2.82. The largest absolute Gasteiger partial charge is 0.483 e. The number of aromatic nitrogens is 1. The molecular formula is C22H24F4N4O3.